The highest BCUT2D eigenvalue weighted by molar-refractivity contribution is 4.94. The van der Waals surface area contributed by atoms with E-state index in [4.69, 9.17) is 5.73 Å². The van der Waals surface area contributed by atoms with Gasteiger partial charge in [0, 0.05) is 24.0 Å². The van der Waals surface area contributed by atoms with Gasteiger partial charge in [-0.25, -0.2) is 0 Å². The van der Waals surface area contributed by atoms with Crippen LogP contribution >= 0.6 is 0 Å². The molecule has 1 saturated carbocycles. The van der Waals surface area contributed by atoms with Gasteiger partial charge in [-0.1, -0.05) is 33.1 Å². The molecule has 1 aliphatic carbocycles. The summed E-state index contributed by atoms with van der Waals surface area (Å²) in [5.74, 6) is 0. The van der Waals surface area contributed by atoms with Crippen LogP contribution in [0, 0.1) is 5.41 Å². The van der Waals surface area contributed by atoms with Gasteiger partial charge in [-0.2, -0.15) is 0 Å². The molecule has 3 nitrogen and oxygen atoms in total. The Bertz CT molecular complexity index is 198. The molecule has 16 heavy (non-hydrogen) atoms. The predicted octanol–water partition coefficient (Wildman–Crippen LogP) is 1.64. The molecule has 0 aliphatic heterocycles. The van der Waals surface area contributed by atoms with Crippen molar-refractivity contribution < 1.29 is 5.11 Å². The minimum atomic E-state index is -0.376. The van der Waals surface area contributed by atoms with Crippen molar-refractivity contribution in [1.82, 2.24) is 5.32 Å². The second-order valence-electron chi connectivity index (χ2n) is 5.76. The van der Waals surface area contributed by atoms with Crippen LogP contribution in [0.2, 0.25) is 0 Å². The van der Waals surface area contributed by atoms with E-state index in [1.54, 1.807) is 0 Å². The molecular weight excluding hydrogens is 200 g/mol. The van der Waals surface area contributed by atoms with Gasteiger partial charge in [0.1, 0.15) is 0 Å². The first kappa shape index (κ1) is 13.9. The van der Waals surface area contributed by atoms with E-state index in [0.29, 0.717) is 6.04 Å². The Balaban J connectivity index is 2.66. The van der Waals surface area contributed by atoms with Crippen LogP contribution in [-0.2, 0) is 0 Å². The van der Waals surface area contributed by atoms with Crippen LogP contribution in [0.1, 0.15) is 52.9 Å². The second kappa shape index (κ2) is 5.99. The van der Waals surface area contributed by atoms with Crippen molar-refractivity contribution >= 4 is 0 Å². The zero-order valence-electron chi connectivity index (χ0n) is 11.0. The minimum Gasteiger partial charge on any atom is -0.391 e. The fourth-order valence-electron chi connectivity index (χ4n) is 2.80. The molecule has 0 unspecified atom stereocenters. The number of nitrogens with one attached hydrogen (secondary N) is 1. The van der Waals surface area contributed by atoms with Gasteiger partial charge in [0.25, 0.3) is 0 Å². The zero-order chi connectivity index (χ0) is 12.2. The van der Waals surface area contributed by atoms with E-state index in [9.17, 15) is 5.11 Å². The molecule has 1 rings (SSSR count). The molecule has 96 valence electrons. The summed E-state index contributed by atoms with van der Waals surface area (Å²) < 4.78 is 0. The van der Waals surface area contributed by atoms with Gasteiger partial charge in [-0.15, -0.1) is 0 Å². The molecule has 4 N–H and O–H groups in total. The van der Waals surface area contributed by atoms with E-state index in [1.165, 1.54) is 19.3 Å². The van der Waals surface area contributed by atoms with Gasteiger partial charge in [0.2, 0.25) is 0 Å². The van der Waals surface area contributed by atoms with E-state index in [0.717, 1.165) is 19.4 Å². The molecule has 0 aromatic heterocycles. The maximum absolute atomic E-state index is 10.3. The van der Waals surface area contributed by atoms with Crippen molar-refractivity contribution in [3.63, 3.8) is 0 Å². The van der Waals surface area contributed by atoms with Crippen molar-refractivity contribution in [2.75, 3.05) is 6.54 Å². The van der Waals surface area contributed by atoms with Crippen LogP contribution in [0.4, 0.5) is 0 Å². The topological polar surface area (TPSA) is 58.3 Å². The summed E-state index contributed by atoms with van der Waals surface area (Å²) in [7, 11) is 0. The fourth-order valence-corrected chi connectivity index (χ4v) is 2.80. The summed E-state index contributed by atoms with van der Waals surface area (Å²) in [6, 6.07) is 0.339. The molecule has 0 aromatic rings. The highest BCUT2D eigenvalue weighted by atomic mass is 16.3. The molecule has 2 atom stereocenters. The predicted molar refractivity (Wildman–Crippen MR) is 68.3 cm³/mol. The number of aliphatic hydroxyl groups excluding tert-OH is 1. The summed E-state index contributed by atoms with van der Waals surface area (Å²) in [6.45, 7) is 7.10. The van der Waals surface area contributed by atoms with Crippen molar-refractivity contribution in [2.24, 2.45) is 11.1 Å². The zero-order valence-corrected chi connectivity index (χ0v) is 11.0. The monoisotopic (exact) mass is 228 g/mol. The van der Waals surface area contributed by atoms with Gasteiger partial charge < -0.3 is 16.2 Å². The average molecular weight is 228 g/mol. The Morgan fingerprint density at radius 1 is 1.19 bits per heavy atom. The summed E-state index contributed by atoms with van der Waals surface area (Å²) in [6.07, 6.45) is 5.59. The molecule has 1 aliphatic rings. The molecule has 0 amide bonds. The van der Waals surface area contributed by atoms with E-state index >= 15 is 0 Å². The van der Waals surface area contributed by atoms with E-state index in [2.05, 4.69) is 19.2 Å². The van der Waals surface area contributed by atoms with Crippen molar-refractivity contribution in [3.8, 4) is 0 Å². The van der Waals surface area contributed by atoms with Gasteiger partial charge in [-0.3, -0.25) is 0 Å². The minimum absolute atomic E-state index is 0.0106. The Morgan fingerprint density at radius 3 is 2.19 bits per heavy atom. The first-order valence-electron chi connectivity index (χ1n) is 6.65. The van der Waals surface area contributed by atoms with Crippen LogP contribution in [0.25, 0.3) is 0 Å². The highest BCUT2D eigenvalue weighted by Crippen LogP contribution is 2.39. The van der Waals surface area contributed by atoms with Crippen LogP contribution < -0.4 is 11.1 Å². The SMILES string of the molecule is CC(C)NCC1([C@H](O)[C@H](C)N)CCCCC1. The van der Waals surface area contributed by atoms with Crippen LogP contribution in [-0.4, -0.2) is 29.8 Å². The lowest BCUT2D eigenvalue weighted by Gasteiger charge is -2.43. The number of aliphatic hydroxyl groups is 1. The Kier molecular flexibility index (Phi) is 5.22. The molecule has 0 radical (unpaired) electrons. The Hall–Kier alpha value is -0.120. The summed E-state index contributed by atoms with van der Waals surface area (Å²) in [4.78, 5) is 0. The third-order valence-electron chi connectivity index (χ3n) is 3.84. The molecule has 0 aromatic carbocycles. The third-order valence-corrected chi connectivity index (χ3v) is 3.84. The lowest BCUT2D eigenvalue weighted by Crippen LogP contribution is -2.52. The number of nitrogens with two attached hydrogens (primary N) is 1. The summed E-state index contributed by atoms with van der Waals surface area (Å²) in [5.41, 5.74) is 5.89. The summed E-state index contributed by atoms with van der Waals surface area (Å²) in [5, 5.41) is 13.8. The van der Waals surface area contributed by atoms with Crippen molar-refractivity contribution in [3.05, 3.63) is 0 Å². The second-order valence-corrected chi connectivity index (χ2v) is 5.76. The van der Waals surface area contributed by atoms with Crippen molar-refractivity contribution in [1.29, 1.82) is 0 Å². The molecule has 1 fully saturated rings. The molecule has 0 heterocycles. The Morgan fingerprint density at radius 2 is 1.75 bits per heavy atom. The van der Waals surface area contributed by atoms with Crippen LogP contribution in [0.3, 0.4) is 0 Å². The molecule has 3 heteroatoms. The Labute approximate surface area is 99.8 Å². The third kappa shape index (κ3) is 3.44. The van der Waals surface area contributed by atoms with Crippen LogP contribution in [0.15, 0.2) is 0 Å². The number of hydrogen-bond acceptors (Lipinski definition) is 3. The van der Waals surface area contributed by atoms with Gasteiger partial charge in [0.15, 0.2) is 0 Å². The first-order chi connectivity index (χ1) is 7.48. The number of hydrogen-bond donors (Lipinski definition) is 3. The lowest BCUT2D eigenvalue weighted by atomic mass is 9.68. The average Bonchev–Trinajstić information content (AvgIpc) is 2.26. The van der Waals surface area contributed by atoms with Gasteiger partial charge in [0.05, 0.1) is 6.10 Å². The highest BCUT2D eigenvalue weighted by Gasteiger charge is 2.40. The number of rotatable bonds is 5. The molecule has 0 saturated heterocycles. The molecular formula is C13H28N2O. The fraction of sp³-hybridized carbons (Fsp3) is 1.00. The van der Waals surface area contributed by atoms with Gasteiger partial charge >= 0.3 is 0 Å². The van der Waals surface area contributed by atoms with E-state index in [-0.39, 0.29) is 17.6 Å². The molecule has 0 spiro atoms. The standard InChI is InChI=1S/C13H28N2O/c1-10(2)15-9-13(12(16)11(3)14)7-5-4-6-8-13/h10-12,15-16H,4-9,14H2,1-3H3/t11-,12+/m0/s1. The maximum atomic E-state index is 10.3. The van der Waals surface area contributed by atoms with Gasteiger partial charge in [-0.05, 0) is 19.8 Å². The lowest BCUT2D eigenvalue weighted by molar-refractivity contribution is -0.0172. The maximum Gasteiger partial charge on any atom is 0.0756 e. The van der Waals surface area contributed by atoms with Crippen molar-refractivity contribution in [2.45, 2.75) is 71.1 Å². The quantitative estimate of drug-likeness (QED) is 0.670. The smallest absolute Gasteiger partial charge is 0.0756 e. The first-order valence-corrected chi connectivity index (χ1v) is 6.65. The van der Waals surface area contributed by atoms with Crippen LogP contribution in [0.5, 0.6) is 0 Å². The molecule has 0 bridgehead atoms. The largest absolute Gasteiger partial charge is 0.391 e. The van der Waals surface area contributed by atoms with E-state index < -0.39 is 0 Å². The summed E-state index contributed by atoms with van der Waals surface area (Å²) >= 11 is 0. The normalized spacial score (nSPS) is 24.4. The van der Waals surface area contributed by atoms with E-state index in [1.807, 2.05) is 6.92 Å².